The molecule has 3 heterocycles. The van der Waals surface area contributed by atoms with E-state index >= 15 is 0 Å². The molecular weight excluding hydrogens is 426 g/mol. The maximum absolute atomic E-state index is 12.8. The number of amides is 1. The molecule has 0 radical (unpaired) electrons. The monoisotopic (exact) mass is 455 g/mol. The van der Waals surface area contributed by atoms with Crippen molar-refractivity contribution in [1.29, 1.82) is 0 Å². The number of piperidine rings is 1. The Hall–Kier alpha value is -3.71. The van der Waals surface area contributed by atoms with Gasteiger partial charge in [0.05, 0.1) is 6.20 Å². The molecule has 0 spiro atoms. The largest absolute Gasteiger partial charge is 0.490 e. The van der Waals surface area contributed by atoms with Gasteiger partial charge in [0.1, 0.15) is 17.7 Å². The molecule has 4 aromatic rings. The van der Waals surface area contributed by atoms with Gasteiger partial charge in [-0.05, 0) is 87.1 Å². The fourth-order valence-electron chi connectivity index (χ4n) is 4.14. The number of aromatic nitrogens is 3. The molecule has 5 rings (SSSR count). The van der Waals surface area contributed by atoms with Crippen LogP contribution >= 0.6 is 0 Å². The standard InChI is InChI=1S/C27H29N5O2/c1-18(2)32-17-23(16-30-32)20-3-4-21-15-29-26(14-22(21)13-20)31-27(33)19-5-7-24(8-6-19)34-25-9-11-28-12-10-25/h3-8,13-18,25,28H,9-12H2,1-2H3,(H,29,31,33). The maximum Gasteiger partial charge on any atom is 0.256 e. The van der Waals surface area contributed by atoms with E-state index in [1.807, 2.05) is 41.3 Å². The third-order valence-corrected chi connectivity index (χ3v) is 6.13. The average Bonchev–Trinajstić information content (AvgIpc) is 3.36. The third kappa shape index (κ3) is 4.94. The van der Waals surface area contributed by atoms with Gasteiger partial charge < -0.3 is 15.4 Å². The highest BCUT2D eigenvalue weighted by Crippen LogP contribution is 2.26. The minimum absolute atomic E-state index is 0.199. The van der Waals surface area contributed by atoms with Crippen LogP contribution in [0.15, 0.2) is 67.1 Å². The number of hydrogen-bond acceptors (Lipinski definition) is 5. The van der Waals surface area contributed by atoms with Crippen LogP contribution in [0.2, 0.25) is 0 Å². The van der Waals surface area contributed by atoms with E-state index in [0.717, 1.165) is 53.6 Å². The topological polar surface area (TPSA) is 81.1 Å². The van der Waals surface area contributed by atoms with Crippen molar-refractivity contribution in [3.8, 4) is 16.9 Å². The second-order valence-electron chi connectivity index (χ2n) is 8.98. The van der Waals surface area contributed by atoms with Crippen LogP contribution < -0.4 is 15.4 Å². The number of fused-ring (bicyclic) bond motifs is 1. The summed E-state index contributed by atoms with van der Waals surface area (Å²) in [6.07, 6.45) is 7.93. The minimum Gasteiger partial charge on any atom is -0.490 e. The van der Waals surface area contributed by atoms with Gasteiger partial charge in [-0.15, -0.1) is 0 Å². The van der Waals surface area contributed by atoms with E-state index in [2.05, 4.69) is 46.7 Å². The molecule has 0 bridgehead atoms. The number of nitrogens with one attached hydrogen (secondary N) is 2. The molecule has 1 saturated heterocycles. The summed E-state index contributed by atoms with van der Waals surface area (Å²) in [5.74, 6) is 1.11. The van der Waals surface area contributed by atoms with E-state index in [1.54, 1.807) is 18.3 Å². The van der Waals surface area contributed by atoms with Crippen LogP contribution in [0.1, 0.15) is 43.1 Å². The van der Waals surface area contributed by atoms with Crippen molar-refractivity contribution in [1.82, 2.24) is 20.1 Å². The third-order valence-electron chi connectivity index (χ3n) is 6.13. The molecule has 0 unspecified atom stereocenters. The van der Waals surface area contributed by atoms with E-state index in [9.17, 15) is 4.79 Å². The molecule has 1 fully saturated rings. The number of hydrogen-bond donors (Lipinski definition) is 2. The molecule has 0 saturated carbocycles. The Labute approximate surface area is 199 Å². The van der Waals surface area contributed by atoms with Gasteiger partial charge in [0, 0.05) is 34.9 Å². The predicted molar refractivity (Wildman–Crippen MR) is 134 cm³/mol. The first-order valence-electron chi connectivity index (χ1n) is 11.8. The second-order valence-corrected chi connectivity index (χ2v) is 8.98. The van der Waals surface area contributed by atoms with E-state index in [-0.39, 0.29) is 12.0 Å². The number of pyridine rings is 1. The van der Waals surface area contributed by atoms with Crippen LogP contribution in [0, 0.1) is 0 Å². The Morgan fingerprint density at radius 1 is 1.03 bits per heavy atom. The van der Waals surface area contributed by atoms with E-state index in [1.165, 1.54) is 0 Å². The molecule has 1 amide bonds. The molecule has 34 heavy (non-hydrogen) atoms. The van der Waals surface area contributed by atoms with Crippen LogP contribution in [0.25, 0.3) is 21.9 Å². The highest BCUT2D eigenvalue weighted by molar-refractivity contribution is 6.04. The predicted octanol–water partition coefficient (Wildman–Crippen LogP) is 5.06. The number of benzene rings is 2. The number of anilines is 1. The summed E-state index contributed by atoms with van der Waals surface area (Å²) < 4.78 is 7.97. The lowest BCUT2D eigenvalue weighted by Gasteiger charge is -2.23. The molecule has 0 aliphatic carbocycles. The summed E-state index contributed by atoms with van der Waals surface area (Å²) >= 11 is 0. The van der Waals surface area contributed by atoms with Crippen LogP contribution in [0.3, 0.4) is 0 Å². The number of carbonyl (C=O) groups is 1. The lowest BCUT2D eigenvalue weighted by atomic mass is 10.0. The Balaban J connectivity index is 1.29. The van der Waals surface area contributed by atoms with Gasteiger partial charge in [-0.1, -0.05) is 12.1 Å². The normalized spacial score (nSPS) is 14.4. The first-order chi connectivity index (χ1) is 16.5. The highest BCUT2D eigenvalue weighted by Gasteiger charge is 2.15. The number of rotatable bonds is 6. The van der Waals surface area contributed by atoms with Gasteiger partial charge in [0.25, 0.3) is 5.91 Å². The summed E-state index contributed by atoms with van der Waals surface area (Å²) in [5.41, 5.74) is 2.70. The molecule has 7 heteroatoms. The Morgan fingerprint density at radius 2 is 1.82 bits per heavy atom. The van der Waals surface area contributed by atoms with Crippen molar-refractivity contribution >= 4 is 22.5 Å². The zero-order valence-electron chi connectivity index (χ0n) is 19.5. The fraction of sp³-hybridized carbons (Fsp3) is 0.296. The van der Waals surface area contributed by atoms with Gasteiger partial charge in [0.15, 0.2) is 0 Å². The van der Waals surface area contributed by atoms with Crippen LogP contribution in [-0.4, -0.2) is 39.9 Å². The summed E-state index contributed by atoms with van der Waals surface area (Å²) in [4.78, 5) is 17.2. The molecule has 7 nitrogen and oxygen atoms in total. The second kappa shape index (κ2) is 9.65. The van der Waals surface area contributed by atoms with E-state index in [0.29, 0.717) is 17.4 Å². The summed E-state index contributed by atoms with van der Waals surface area (Å²) in [7, 11) is 0. The number of ether oxygens (including phenoxy) is 1. The number of carbonyl (C=O) groups excluding carboxylic acids is 1. The lowest BCUT2D eigenvalue weighted by molar-refractivity contribution is 0.102. The SMILES string of the molecule is CC(C)n1cc(-c2ccc3cnc(NC(=O)c4ccc(OC5CCNCC5)cc4)cc3c2)cn1. The van der Waals surface area contributed by atoms with Crippen molar-refractivity contribution in [3.63, 3.8) is 0 Å². The van der Waals surface area contributed by atoms with Gasteiger partial charge in [0.2, 0.25) is 0 Å². The van der Waals surface area contributed by atoms with Crippen LogP contribution in [0.4, 0.5) is 5.82 Å². The van der Waals surface area contributed by atoms with Crippen LogP contribution in [-0.2, 0) is 0 Å². The Bertz CT molecular complexity index is 1290. The molecule has 2 N–H and O–H groups in total. The van der Waals surface area contributed by atoms with Gasteiger partial charge in [-0.3, -0.25) is 9.48 Å². The van der Waals surface area contributed by atoms with Crippen molar-refractivity contribution < 1.29 is 9.53 Å². The first-order valence-corrected chi connectivity index (χ1v) is 11.8. The quantitative estimate of drug-likeness (QED) is 0.425. The number of nitrogens with zero attached hydrogens (tertiary/aromatic N) is 3. The minimum atomic E-state index is -0.199. The maximum atomic E-state index is 12.8. The highest BCUT2D eigenvalue weighted by atomic mass is 16.5. The molecular formula is C27H29N5O2. The van der Waals surface area contributed by atoms with Crippen molar-refractivity contribution in [2.75, 3.05) is 18.4 Å². The molecule has 174 valence electrons. The van der Waals surface area contributed by atoms with Crippen LogP contribution in [0.5, 0.6) is 5.75 Å². The van der Waals surface area contributed by atoms with Gasteiger partial charge >= 0.3 is 0 Å². The lowest BCUT2D eigenvalue weighted by Crippen LogP contribution is -2.34. The summed E-state index contributed by atoms with van der Waals surface area (Å²) in [6.45, 7) is 6.17. The van der Waals surface area contributed by atoms with Crippen molar-refractivity contribution in [2.45, 2.75) is 38.8 Å². The molecule has 1 aliphatic rings. The summed E-state index contributed by atoms with van der Waals surface area (Å²) in [6, 6.07) is 15.7. The smallest absolute Gasteiger partial charge is 0.256 e. The summed E-state index contributed by atoms with van der Waals surface area (Å²) in [5, 5.41) is 12.7. The van der Waals surface area contributed by atoms with Gasteiger partial charge in [-0.2, -0.15) is 5.10 Å². The fourth-order valence-corrected chi connectivity index (χ4v) is 4.14. The Kier molecular flexibility index (Phi) is 6.27. The zero-order chi connectivity index (χ0) is 23.5. The van der Waals surface area contributed by atoms with E-state index < -0.39 is 0 Å². The molecule has 0 atom stereocenters. The molecule has 1 aliphatic heterocycles. The van der Waals surface area contributed by atoms with Crippen molar-refractivity contribution in [2.24, 2.45) is 0 Å². The average molecular weight is 456 g/mol. The Morgan fingerprint density at radius 3 is 2.56 bits per heavy atom. The molecule has 2 aromatic carbocycles. The first kappa shape index (κ1) is 22.1. The zero-order valence-corrected chi connectivity index (χ0v) is 19.5. The van der Waals surface area contributed by atoms with Gasteiger partial charge in [-0.25, -0.2) is 4.98 Å². The molecule has 2 aromatic heterocycles. The van der Waals surface area contributed by atoms with Crippen molar-refractivity contribution in [3.05, 3.63) is 72.7 Å². The van der Waals surface area contributed by atoms with E-state index in [4.69, 9.17) is 4.74 Å².